The highest BCUT2D eigenvalue weighted by molar-refractivity contribution is 6.07. The van der Waals surface area contributed by atoms with E-state index in [-0.39, 0.29) is 23.6 Å². The Kier molecular flexibility index (Phi) is 5.23. The third kappa shape index (κ3) is 3.83. The molecule has 1 atom stereocenters. The van der Waals surface area contributed by atoms with Crippen LogP contribution < -0.4 is 5.32 Å². The van der Waals surface area contributed by atoms with E-state index in [4.69, 9.17) is 0 Å². The van der Waals surface area contributed by atoms with Gasteiger partial charge in [-0.15, -0.1) is 0 Å². The van der Waals surface area contributed by atoms with Crippen molar-refractivity contribution in [3.8, 4) is 0 Å². The quantitative estimate of drug-likeness (QED) is 0.579. The molecule has 1 aliphatic heterocycles. The fraction of sp³-hybridized carbons (Fsp3) is 0.227. The highest BCUT2D eigenvalue weighted by Gasteiger charge is 2.36. The number of halogens is 4. The zero-order chi connectivity index (χ0) is 23.2. The lowest BCUT2D eigenvalue weighted by Gasteiger charge is -2.32. The number of anilines is 1. The lowest BCUT2D eigenvalue weighted by Crippen LogP contribution is -2.37. The average Bonchev–Trinajstić information content (AvgIpc) is 3.18. The largest absolute Gasteiger partial charge is 0.416 e. The van der Waals surface area contributed by atoms with Crippen molar-refractivity contribution in [2.75, 3.05) is 12.4 Å². The molecule has 0 aliphatic carbocycles. The molecule has 4 rings (SSSR count). The van der Waals surface area contributed by atoms with Gasteiger partial charge < -0.3 is 10.2 Å². The number of amides is 2. The number of carbonyl (C=O) groups excluding carboxylic acids is 2. The molecular weight excluding hydrogens is 428 g/mol. The molecule has 0 radical (unpaired) electrons. The van der Waals surface area contributed by atoms with Gasteiger partial charge in [-0.3, -0.25) is 14.7 Å². The molecule has 2 aromatic carbocycles. The minimum Gasteiger partial charge on any atom is -0.320 e. The number of aromatic amines is 1. The van der Waals surface area contributed by atoms with Gasteiger partial charge in [0.25, 0.3) is 5.91 Å². The molecule has 166 valence electrons. The molecule has 6 nitrogen and oxygen atoms in total. The van der Waals surface area contributed by atoms with Gasteiger partial charge in [0.2, 0.25) is 5.91 Å². The number of carbonyl (C=O) groups is 2. The minimum atomic E-state index is -4.50. The molecule has 3 aromatic rings. The molecule has 0 saturated heterocycles. The molecule has 1 unspecified atom stereocenters. The van der Waals surface area contributed by atoms with Gasteiger partial charge in [-0.05, 0) is 30.7 Å². The number of H-pyrrole nitrogens is 1. The first kappa shape index (κ1) is 21.5. The zero-order valence-corrected chi connectivity index (χ0v) is 17.0. The van der Waals surface area contributed by atoms with Gasteiger partial charge in [-0.1, -0.05) is 12.1 Å². The first-order valence-corrected chi connectivity index (χ1v) is 9.64. The van der Waals surface area contributed by atoms with Crippen LogP contribution in [0.15, 0.2) is 53.9 Å². The molecule has 2 amide bonds. The molecule has 1 aromatic heterocycles. The van der Waals surface area contributed by atoms with Crippen LogP contribution in [-0.4, -0.2) is 34.0 Å². The van der Waals surface area contributed by atoms with Crippen LogP contribution >= 0.6 is 0 Å². The number of nitrogens with one attached hydrogen (secondary N) is 2. The highest BCUT2D eigenvalue weighted by Crippen LogP contribution is 2.38. The van der Waals surface area contributed by atoms with Crippen LogP contribution in [0, 0.1) is 5.82 Å². The first-order valence-electron chi connectivity index (χ1n) is 9.64. The summed E-state index contributed by atoms with van der Waals surface area (Å²) in [6, 6.07) is 6.95. The number of benzene rings is 2. The van der Waals surface area contributed by atoms with E-state index < -0.39 is 29.4 Å². The van der Waals surface area contributed by atoms with E-state index in [1.807, 2.05) is 0 Å². The van der Waals surface area contributed by atoms with Crippen molar-refractivity contribution in [2.24, 2.45) is 0 Å². The lowest BCUT2D eigenvalue weighted by molar-refractivity contribution is -0.137. The van der Waals surface area contributed by atoms with Crippen molar-refractivity contribution in [3.63, 3.8) is 0 Å². The standard InChI is InChI=1S/C22H18F4N4O2/c1-11-20(21(32)28-18-7-13-10-27-29-17(13)9-16(18)23)15(8-19(31)30(11)2)12-3-5-14(6-4-12)22(24,25)26/h3-7,9-10,15H,8H2,1-2H3,(H,27,29)(H,28,32). The Balaban J connectivity index is 1.71. The van der Waals surface area contributed by atoms with Crippen molar-refractivity contribution in [1.82, 2.24) is 15.1 Å². The van der Waals surface area contributed by atoms with Gasteiger partial charge >= 0.3 is 6.18 Å². The fourth-order valence-corrected chi connectivity index (χ4v) is 3.80. The molecule has 0 fully saturated rings. The smallest absolute Gasteiger partial charge is 0.320 e. The van der Waals surface area contributed by atoms with Crippen LogP contribution in [0.2, 0.25) is 0 Å². The van der Waals surface area contributed by atoms with Crippen LogP contribution in [0.5, 0.6) is 0 Å². The molecular formula is C22H18F4N4O2. The molecule has 2 heterocycles. The molecule has 32 heavy (non-hydrogen) atoms. The van der Waals surface area contributed by atoms with Crippen LogP contribution in [0.4, 0.5) is 23.2 Å². The Bertz CT molecular complexity index is 1250. The zero-order valence-electron chi connectivity index (χ0n) is 17.0. The minimum absolute atomic E-state index is 0.0741. The van der Waals surface area contributed by atoms with Gasteiger partial charge in [-0.2, -0.15) is 18.3 Å². The molecule has 0 saturated carbocycles. The maximum absolute atomic E-state index is 14.5. The van der Waals surface area contributed by atoms with Crippen LogP contribution in [0.1, 0.15) is 30.4 Å². The summed E-state index contributed by atoms with van der Waals surface area (Å²) < 4.78 is 53.3. The number of nitrogens with zero attached hydrogens (tertiary/aromatic N) is 2. The van der Waals surface area contributed by atoms with E-state index in [1.165, 1.54) is 42.4 Å². The summed E-state index contributed by atoms with van der Waals surface area (Å²) in [5, 5.41) is 9.57. The number of rotatable bonds is 3. The van der Waals surface area contributed by atoms with Crippen LogP contribution in [0.25, 0.3) is 10.9 Å². The van der Waals surface area contributed by atoms with E-state index in [2.05, 4.69) is 15.5 Å². The third-order valence-electron chi connectivity index (χ3n) is 5.66. The SMILES string of the molecule is CC1=C(C(=O)Nc2cc3cn[nH]c3cc2F)C(c2ccc(C(F)(F)F)cc2)CC(=O)N1C. The van der Waals surface area contributed by atoms with Gasteiger partial charge in [0.1, 0.15) is 5.82 Å². The Labute approximate surface area is 179 Å². The molecule has 1 aliphatic rings. The maximum atomic E-state index is 14.5. The second-order valence-electron chi connectivity index (χ2n) is 7.57. The lowest BCUT2D eigenvalue weighted by atomic mass is 9.83. The predicted octanol–water partition coefficient (Wildman–Crippen LogP) is 4.58. The summed E-state index contributed by atoms with van der Waals surface area (Å²) in [5.41, 5.74) is 0.459. The summed E-state index contributed by atoms with van der Waals surface area (Å²) >= 11 is 0. The topological polar surface area (TPSA) is 78.1 Å². The normalized spacial score (nSPS) is 17.2. The third-order valence-corrected chi connectivity index (χ3v) is 5.66. The van der Waals surface area contributed by atoms with Gasteiger partial charge in [0.05, 0.1) is 23.0 Å². The van der Waals surface area contributed by atoms with Gasteiger partial charge in [0, 0.05) is 42.1 Å². The summed E-state index contributed by atoms with van der Waals surface area (Å²) in [6.07, 6.45) is -3.13. The number of hydrogen-bond acceptors (Lipinski definition) is 3. The number of alkyl halides is 3. The van der Waals surface area contributed by atoms with E-state index in [0.29, 0.717) is 22.2 Å². The average molecular weight is 446 g/mol. The van der Waals surface area contributed by atoms with Gasteiger partial charge in [-0.25, -0.2) is 4.39 Å². The number of aromatic nitrogens is 2. The van der Waals surface area contributed by atoms with Crippen molar-refractivity contribution in [3.05, 3.63) is 70.8 Å². The van der Waals surface area contributed by atoms with Crippen molar-refractivity contribution < 1.29 is 27.2 Å². The van der Waals surface area contributed by atoms with Crippen molar-refractivity contribution >= 4 is 28.4 Å². The summed E-state index contributed by atoms with van der Waals surface area (Å²) in [5.74, 6) is -2.38. The molecule has 2 N–H and O–H groups in total. The Hall–Kier alpha value is -3.69. The molecule has 10 heteroatoms. The Morgan fingerprint density at radius 1 is 1.22 bits per heavy atom. The number of fused-ring (bicyclic) bond motifs is 1. The Morgan fingerprint density at radius 3 is 2.56 bits per heavy atom. The Morgan fingerprint density at radius 2 is 1.91 bits per heavy atom. The number of allylic oxidation sites excluding steroid dienone is 1. The second-order valence-corrected chi connectivity index (χ2v) is 7.57. The van der Waals surface area contributed by atoms with Crippen molar-refractivity contribution in [2.45, 2.75) is 25.4 Å². The number of hydrogen-bond donors (Lipinski definition) is 2. The van der Waals surface area contributed by atoms with Crippen molar-refractivity contribution in [1.29, 1.82) is 0 Å². The maximum Gasteiger partial charge on any atom is 0.416 e. The van der Waals surface area contributed by atoms with Crippen LogP contribution in [0.3, 0.4) is 0 Å². The van der Waals surface area contributed by atoms with Gasteiger partial charge in [0.15, 0.2) is 0 Å². The summed E-state index contributed by atoms with van der Waals surface area (Å²) in [7, 11) is 1.51. The summed E-state index contributed by atoms with van der Waals surface area (Å²) in [4.78, 5) is 26.9. The van der Waals surface area contributed by atoms with E-state index >= 15 is 0 Å². The van der Waals surface area contributed by atoms with E-state index in [9.17, 15) is 27.2 Å². The second kappa shape index (κ2) is 7.77. The molecule has 0 spiro atoms. The summed E-state index contributed by atoms with van der Waals surface area (Å²) in [6.45, 7) is 1.57. The van der Waals surface area contributed by atoms with E-state index in [1.54, 1.807) is 6.92 Å². The highest BCUT2D eigenvalue weighted by atomic mass is 19.4. The fourth-order valence-electron chi connectivity index (χ4n) is 3.80. The van der Waals surface area contributed by atoms with E-state index in [0.717, 1.165) is 12.1 Å². The first-order chi connectivity index (χ1) is 15.1. The monoisotopic (exact) mass is 446 g/mol. The van der Waals surface area contributed by atoms with Crippen LogP contribution in [-0.2, 0) is 15.8 Å². The predicted molar refractivity (Wildman–Crippen MR) is 109 cm³/mol. The molecule has 0 bridgehead atoms.